The van der Waals surface area contributed by atoms with Crippen molar-refractivity contribution in [3.05, 3.63) is 18.0 Å². The standard InChI is InChI=1S/C12H19N3O/c1-3-6-12(7-4-8-13-12)11(16)10-5-9-15(2)14-10/h5,9,13H,3-4,6-8H2,1-2H3. The molecule has 1 aromatic rings. The molecular weight excluding hydrogens is 202 g/mol. The highest BCUT2D eigenvalue weighted by Gasteiger charge is 2.41. The first-order valence-electron chi connectivity index (χ1n) is 5.97. The predicted molar refractivity (Wildman–Crippen MR) is 62.4 cm³/mol. The Morgan fingerprint density at radius 2 is 2.50 bits per heavy atom. The molecule has 16 heavy (non-hydrogen) atoms. The fourth-order valence-electron chi connectivity index (χ4n) is 2.54. The zero-order chi connectivity index (χ0) is 11.6. The van der Waals surface area contributed by atoms with Gasteiger partial charge < -0.3 is 5.32 Å². The molecule has 1 aromatic heterocycles. The molecule has 0 bridgehead atoms. The number of nitrogens with zero attached hydrogens (tertiary/aromatic N) is 2. The summed E-state index contributed by atoms with van der Waals surface area (Å²) >= 11 is 0. The van der Waals surface area contributed by atoms with E-state index >= 15 is 0 Å². The Bertz CT molecular complexity index is 377. The molecule has 4 nitrogen and oxygen atoms in total. The summed E-state index contributed by atoms with van der Waals surface area (Å²) in [6.07, 6.45) is 5.77. The first-order valence-corrected chi connectivity index (χ1v) is 5.97. The number of carbonyl (C=O) groups excluding carboxylic acids is 1. The smallest absolute Gasteiger partial charge is 0.202 e. The van der Waals surface area contributed by atoms with E-state index in [-0.39, 0.29) is 11.3 Å². The molecular formula is C12H19N3O. The van der Waals surface area contributed by atoms with E-state index in [1.807, 2.05) is 13.2 Å². The van der Waals surface area contributed by atoms with E-state index in [4.69, 9.17) is 0 Å². The van der Waals surface area contributed by atoms with Gasteiger partial charge in [-0.3, -0.25) is 9.48 Å². The summed E-state index contributed by atoms with van der Waals surface area (Å²) in [4.78, 5) is 12.4. The van der Waals surface area contributed by atoms with Gasteiger partial charge in [-0.2, -0.15) is 5.10 Å². The molecule has 0 aliphatic carbocycles. The normalized spacial score (nSPS) is 24.9. The molecule has 0 aromatic carbocycles. The average Bonchev–Trinajstić information content (AvgIpc) is 2.87. The first-order chi connectivity index (χ1) is 7.68. The number of nitrogens with one attached hydrogen (secondary N) is 1. The molecule has 1 fully saturated rings. The second-order valence-electron chi connectivity index (χ2n) is 4.57. The Balaban J connectivity index is 2.23. The van der Waals surface area contributed by atoms with E-state index in [9.17, 15) is 4.79 Å². The molecule has 1 aliphatic heterocycles. The summed E-state index contributed by atoms with van der Waals surface area (Å²) in [7, 11) is 1.84. The van der Waals surface area contributed by atoms with Gasteiger partial charge >= 0.3 is 0 Å². The molecule has 1 saturated heterocycles. The van der Waals surface area contributed by atoms with E-state index in [1.165, 1.54) is 0 Å². The Labute approximate surface area is 96.0 Å². The van der Waals surface area contributed by atoms with Crippen molar-refractivity contribution in [3.8, 4) is 0 Å². The third-order valence-corrected chi connectivity index (χ3v) is 3.30. The summed E-state index contributed by atoms with van der Waals surface area (Å²) in [6.45, 7) is 3.06. The molecule has 1 aliphatic rings. The lowest BCUT2D eigenvalue weighted by Gasteiger charge is -2.26. The molecule has 2 rings (SSSR count). The van der Waals surface area contributed by atoms with Gasteiger partial charge in [0.05, 0.1) is 5.54 Å². The summed E-state index contributed by atoms with van der Waals surface area (Å²) < 4.78 is 1.68. The fourth-order valence-corrected chi connectivity index (χ4v) is 2.54. The number of carbonyl (C=O) groups is 1. The summed E-state index contributed by atoms with van der Waals surface area (Å²) in [5, 5.41) is 7.59. The second kappa shape index (κ2) is 4.37. The summed E-state index contributed by atoms with van der Waals surface area (Å²) in [6, 6.07) is 1.81. The van der Waals surface area contributed by atoms with Gasteiger partial charge in [0.2, 0.25) is 5.78 Å². The SMILES string of the molecule is CCCC1(C(=O)c2ccn(C)n2)CCCN1. The number of ketones is 1. The van der Waals surface area contributed by atoms with Crippen molar-refractivity contribution >= 4 is 5.78 Å². The van der Waals surface area contributed by atoms with Crippen molar-refractivity contribution in [2.24, 2.45) is 7.05 Å². The van der Waals surface area contributed by atoms with Crippen LogP contribution >= 0.6 is 0 Å². The van der Waals surface area contributed by atoms with Gasteiger partial charge in [-0.05, 0) is 31.9 Å². The van der Waals surface area contributed by atoms with Crippen LogP contribution in [-0.4, -0.2) is 27.6 Å². The highest BCUT2D eigenvalue weighted by Crippen LogP contribution is 2.28. The highest BCUT2D eigenvalue weighted by molar-refractivity contribution is 6.01. The van der Waals surface area contributed by atoms with Crippen molar-refractivity contribution < 1.29 is 4.79 Å². The lowest BCUT2D eigenvalue weighted by molar-refractivity contribution is 0.0851. The maximum Gasteiger partial charge on any atom is 0.202 e. The van der Waals surface area contributed by atoms with Gasteiger partial charge in [0, 0.05) is 13.2 Å². The van der Waals surface area contributed by atoms with Gasteiger partial charge in [0.25, 0.3) is 0 Å². The van der Waals surface area contributed by atoms with E-state index in [0.29, 0.717) is 5.69 Å². The number of rotatable bonds is 4. The molecule has 0 radical (unpaired) electrons. The van der Waals surface area contributed by atoms with Crippen LogP contribution in [0.25, 0.3) is 0 Å². The average molecular weight is 221 g/mol. The minimum atomic E-state index is -0.344. The number of hydrogen-bond donors (Lipinski definition) is 1. The van der Waals surface area contributed by atoms with Crippen LogP contribution in [0.15, 0.2) is 12.3 Å². The number of hydrogen-bond acceptors (Lipinski definition) is 3. The van der Waals surface area contributed by atoms with Crippen molar-refractivity contribution in [2.75, 3.05) is 6.54 Å². The molecule has 0 spiro atoms. The Morgan fingerprint density at radius 3 is 3.00 bits per heavy atom. The number of aromatic nitrogens is 2. The Morgan fingerprint density at radius 1 is 1.69 bits per heavy atom. The molecule has 4 heteroatoms. The summed E-state index contributed by atoms with van der Waals surface area (Å²) in [5.74, 6) is 0.160. The minimum Gasteiger partial charge on any atom is -0.305 e. The molecule has 2 heterocycles. The Kier molecular flexibility index (Phi) is 3.10. The lowest BCUT2D eigenvalue weighted by atomic mass is 9.86. The van der Waals surface area contributed by atoms with E-state index in [0.717, 1.165) is 32.2 Å². The van der Waals surface area contributed by atoms with Crippen molar-refractivity contribution in [1.82, 2.24) is 15.1 Å². The fraction of sp³-hybridized carbons (Fsp3) is 0.667. The monoisotopic (exact) mass is 221 g/mol. The summed E-state index contributed by atoms with van der Waals surface area (Å²) in [5.41, 5.74) is 0.244. The largest absolute Gasteiger partial charge is 0.305 e. The second-order valence-corrected chi connectivity index (χ2v) is 4.57. The molecule has 1 N–H and O–H groups in total. The predicted octanol–water partition coefficient (Wildman–Crippen LogP) is 1.53. The molecule has 88 valence electrons. The zero-order valence-corrected chi connectivity index (χ0v) is 9.99. The van der Waals surface area contributed by atoms with Crippen LogP contribution < -0.4 is 5.32 Å². The van der Waals surface area contributed by atoms with Crippen LogP contribution in [0.5, 0.6) is 0 Å². The van der Waals surface area contributed by atoms with Gasteiger partial charge in [0.15, 0.2) is 0 Å². The van der Waals surface area contributed by atoms with Crippen molar-refractivity contribution in [2.45, 2.75) is 38.1 Å². The van der Waals surface area contributed by atoms with Crippen LogP contribution in [-0.2, 0) is 7.05 Å². The lowest BCUT2D eigenvalue weighted by Crippen LogP contribution is -2.47. The first kappa shape index (κ1) is 11.3. The highest BCUT2D eigenvalue weighted by atomic mass is 16.1. The van der Waals surface area contributed by atoms with E-state index in [1.54, 1.807) is 10.7 Å². The maximum absolute atomic E-state index is 12.4. The molecule has 1 atom stereocenters. The van der Waals surface area contributed by atoms with Crippen molar-refractivity contribution in [1.29, 1.82) is 0 Å². The van der Waals surface area contributed by atoms with Crippen molar-refractivity contribution in [3.63, 3.8) is 0 Å². The third kappa shape index (κ3) is 1.89. The molecule has 0 amide bonds. The van der Waals surface area contributed by atoms with Crippen LogP contribution in [0.4, 0.5) is 0 Å². The molecule has 1 unspecified atom stereocenters. The minimum absolute atomic E-state index is 0.160. The van der Waals surface area contributed by atoms with Gasteiger partial charge in [-0.1, -0.05) is 13.3 Å². The van der Waals surface area contributed by atoms with Crippen LogP contribution in [0, 0.1) is 0 Å². The maximum atomic E-state index is 12.4. The number of Topliss-reactive ketones (excluding diaryl/α,β-unsaturated/α-hetero) is 1. The zero-order valence-electron chi connectivity index (χ0n) is 9.99. The third-order valence-electron chi connectivity index (χ3n) is 3.30. The Hall–Kier alpha value is -1.16. The number of aryl methyl sites for hydroxylation is 1. The van der Waals surface area contributed by atoms with Crippen LogP contribution in [0.1, 0.15) is 43.1 Å². The van der Waals surface area contributed by atoms with Crippen LogP contribution in [0.3, 0.4) is 0 Å². The van der Waals surface area contributed by atoms with Gasteiger partial charge in [-0.15, -0.1) is 0 Å². The molecule has 0 saturated carbocycles. The van der Waals surface area contributed by atoms with Crippen LogP contribution in [0.2, 0.25) is 0 Å². The van der Waals surface area contributed by atoms with E-state index < -0.39 is 0 Å². The van der Waals surface area contributed by atoms with Gasteiger partial charge in [-0.25, -0.2) is 0 Å². The quantitative estimate of drug-likeness (QED) is 0.784. The van der Waals surface area contributed by atoms with Gasteiger partial charge in [0.1, 0.15) is 5.69 Å². The van der Waals surface area contributed by atoms with E-state index in [2.05, 4.69) is 17.3 Å². The topological polar surface area (TPSA) is 46.9 Å².